The van der Waals surface area contributed by atoms with Crippen LogP contribution in [0, 0.1) is 0 Å². The molecule has 0 bridgehead atoms. The van der Waals surface area contributed by atoms with E-state index in [1.165, 1.54) is 12.1 Å². The van der Waals surface area contributed by atoms with Gasteiger partial charge in [0.2, 0.25) is 10.0 Å². The number of benzene rings is 1. The number of carboxylic acid groups (broad SMARTS) is 1. The highest BCUT2D eigenvalue weighted by atomic mass is 35.5. The molecule has 2 atom stereocenters. The lowest BCUT2D eigenvalue weighted by Gasteiger charge is -2.14. The molecule has 1 aromatic rings. The van der Waals surface area contributed by atoms with Crippen LogP contribution in [0.4, 0.5) is 0 Å². The monoisotopic (exact) mass is 333 g/mol. The number of methoxy groups -OCH3 is 1. The van der Waals surface area contributed by atoms with Gasteiger partial charge in [-0.1, -0.05) is 11.6 Å². The number of halogens is 1. The molecule has 1 aliphatic rings. The first-order chi connectivity index (χ1) is 9.83. The maximum atomic E-state index is 12.3. The van der Waals surface area contributed by atoms with E-state index < -0.39 is 16.0 Å². The smallest absolute Gasteiger partial charge is 0.337 e. The standard InChI is InChI=1S/C13H16ClNO5S/c1-20-9-3-2-8(6-9)15-21(18,19)10-4-5-11(13(16)17)12(14)7-10/h4-5,7-9,15H,2-3,6H2,1H3,(H,16,17)/t8-,9-/m1/s1. The van der Waals surface area contributed by atoms with Crippen molar-refractivity contribution >= 4 is 27.6 Å². The average Bonchev–Trinajstić information content (AvgIpc) is 2.85. The third-order valence-electron chi connectivity index (χ3n) is 3.52. The van der Waals surface area contributed by atoms with E-state index in [0.29, 0.717) is 12.8 Å². The van der Waals surface area contributed by atoms with Gasteiger partial charge in [0.05, 0.1) is 21.6 Å². The Morgan fingerprint density at radius 3 is 2.67 bits per heavy atom. The molecule has 2 rings (SSSR count). The van der Waals surface area contributed by atoms with Gasteiger partial charge < -0.3 is 9.84 Å². The van der Waals surface area contributed by atoms with Gasteiger partial charge in [-0.15, -0.1) is 0 Å². The minimum absolute atomic E-state index is 0.0432. The quantitative estimate of drug-likeness (QED) is 0.858. The van der Waals surface area contributed by atoms with E-state index in [1.54, 1.807) is 7.11 Å². The molecule has 1 saturated carbocycles. The summed E-state index contributed by atoms with van der Waals surface area (Å²) in [6.45, 7) is 0. The number of rotatable bonds is 5. The molecule has 21 heavy (non-hydrogen) atoms. The molecule has 1 fully saturated rings. The third-order valence-corrected chi connectivity index (χ3v) is 5.35. The molecule has 1 aromatic carbocycles. The summed E-state index contributed by atoms with van der Waals surface area (Å²) in [6.07, 6.45) is 2.20. The molecule has 8 heteroatoms. The van der Waals surface area contributed by atoms with Crippen LogP contribution in [-0.2, 0) is 14.8 Å². The normalized spacial score (nSPS) is 22.4. The number of aromatic carboxylic acids is 1. The van der Waals surface area contributed by atoms with Gasteiger partial charge in [0.15, 0.2) is 0 Å². The summed E-state index contributed by atoms with van der Waals surface area (Å²) < 4.78 is 32.3. The number of hydrogen-bond acceptors (Lipinski definition) is 4. The molecule has 0 aromatic heterocycles. The molecule has 0 aliphatic heterocycles. The predicted octanol–water partition coefficient (Wildman–Crippen LogP) is 1.88. The zero-order valence-electron chi connectivity index (χ0n) is 11.4. The fourth-order valence-corrected chi connectivity index (χ4v) is 4.02. The fourth-order valence-electron chi connectivity index (χ4n) is 2.39. The number of carboxylic acids is 1. The molecule has 0 radical (unpaired) electrons. The van der Waals surface area contributed by atoms with E-state index in [9.17, 15) is 13.2 Å². The van der Waals surface area contributed by atoms with E-state index in [-0.39, 0.29) is 27.6 Å². The van der Waals surface area contributed by atoms with Crippen LogP contribution < -0.4 is 4.72 Å². The Hall–Kier alpha value is -1.15. The van der Waals surface area contributed by atoms with Crippen molar-refractivity contribution in [2.24, 2.45) is 0 Å². The molecule has 2 N–H and O–H groups in total. The Labute approximate surface area is 128 Å². The van der Waals surface area contributed by atoms with Gasteiger partial charge in [-0.25, -0.2) is 17.9 Å². The summed E-state index contributed by atoms with van der Waals surface area (Å²) in [5, 5.41) is 8.78. The summed E-state index contributed by atoms with van der Waals surface area (Å²) in [5.41, 5.74) is -0.129. The summed E-state index contributed by atoms with van der Waals surface area (Å²) in [6, 6.07) is 3.39. The molecule has 0 spiro atoms. The molecule has 116 valence electrons. The first kappa shape index (κ1) is 16.2. The van der Waals surface area contributed by atoms with E-state index >= 15 is 0 Å². The van der Waals surface area contributed by atoms with Crippen molar-refractivity contribution in [3.05, 3.63) is 28.8 Å². The SMILES string of the molecule is CO[C@@H]1CC[C@@H](NS(=O)(=O)c2ccc(C(=O)O)c(Cl)c2)C1. The van der Waals surface area contributed by atoms with Gasteiger partial charge in [0, 0.05) is 13.2 Å². The van der Waals surface area contributed by atoms with Gasteiger partial charge >= 0.3 is 5.97 Å². The van der Waals surface area contributed by atoms with Gasteiger partial charge in [-0.3, -0.25) is 0 Å². The number of ether oxygens (including phenoxy) is 1. The molecule has 1 aliphatic carbocycles. The van der Waals surface area contributed by atoms with Crippen molar-refractivity contribution in [3.63, 3.8) is 0 Å². The van der Waals surface area contributed by atoms with Crippen molar-refractivity contribution in [3.8, 4) is 0 Å². The molecule has 0 saturated heterocycles. The second kappa shape index (κ2) is 6.31. The fraction of sp³-hybridized carbons (Fsp3) is 0.462. The van der Waals surface area contributed by atoms with Crippen LogP contribution in [0.15, 0.2) is 23.1 Å². The third kappa shape index (κ3) is 3.74. The van der Waals surface area contributed by atoms with Crippen LogP contribution >= 0.6 is 11.6 Å². The number of sulfonamides is 1. The average molecular weight is 334 g/mol. The highest BCUT2D eigenvalue weighted by molar-refractivity contribution is 7.89. The lowest BCUT2D eigenvalue weighted by Crippen LogP contribution is -2.33. The number of carbonyl (C=O) groups is 1. The zero-order valence-corrected chi connectivity index (χ0v) is 12.9. The van der Waals surface area contributed by atoms with Gasteiger partial charge in [-0.2, -0.15) is 0 Å². The Bertz CT molecular complexity index is 646. The van der Waals surface area contributed by atoms with Crippen molar-refractivity contribution in [2.45, 2.75) is 36.3 Å². The highest BCUT2D eigenvalue weighted by Crippen LogP contribution is 2.25. The van der Waals surface area contributed by atoms with E-state index in [1.807, 2.05) is 0 Å². The van der Waals surface area contributed by atoms with Crippen LogP contribution in [0.1, 0.15) is 29.6 Å². The van der Waals surface area contributed by atoms with Gasteiger partial charge in [-0.05, 0) is 37.5 Å². The Morgan fingerprint density at radius 1 is 1.43 bits per heavy atom. The van der Waals surface area contributed by atoms with Gasteiger partial charge in [0.1, 0.15) is 0 Å². The summed E-state index contributed by atoms with van der Waals surface area (Å²) in [7, 11) is -2.12. The van der Waals surface area contributed by atoms with E-state index in [2.05, 4.69) is 4.72 Å². The maximum absolute atomic E-state index is 12.3. The molecule has 0 unspecified atom stereocenters. The van der Waals surface area contributed by atoms with Crippen LogP contribution in [-0.4, -0.2) is 38.7 Å². The van der Waals surface area contributed by atoms with Crippen molar-refractivity contribution < 1.29 is 23.1 Å². The van der Waals surface area contributed by atoms with Crippen LogP contribution in [0.2, 0.25) is 5.02 Å². The second-order valence-corrected chi connectivity index (χ2v) is 7.06. The van der Waals surface area contributed by atoms with Crippen LogP contribution in [0.3, 0.4) is 0 Å². The lowest BCUT2D eigenvalue weighted by molar-refractivity contribution is 0.0697. The summed E-state index contributed by atoms with van der Waals surface area (Å²) in [5.74, 6) is -1.20. The maximum Gasteiger partial charge on any atom is 0.337 e. The Kier molecular flexibility index (Phi) is 4.88. The number of hydrogen-bond donors (Lipinski definition) is 2. The lowest BCUT2D eigenvalue weighted by atomic mass is 10.2. The molecular formula is C13H16ClNO5S. The minimum Gasteiger partial charge on any atom is -0.478 e. The van der Waals surface area contributed by atoms with E-state index in [0.717, 1.165) is 12.5 Å². The highest BCUT2D eigenvalue weighted by Gasteiger charge is 2.29. The van der Waals surface area contributed by atoms with E-state index in [4.69, 9.17) is 21.4 Å². The van der Waals surface area contributed by atoms with Crippen LogP contribution in [0.25, 0.3) is 0 Å². The van der Waals surface area contributed by atoms with Crippen molar-refractivity contribution in [1.82, 2.24) is 4.72 Å². The molecule has 0 amide bonds. The Balaban J connectivity index is 2.16. The van der Waals surface area contributed by atoms with Crippen LogP contribution in [0.5, 0.6) is 0 Å². The van der Waals surface area contributed by atoms with Crippen molar-refractivity contribution in [1.29, 1.82) is 0 Å². The van der Waals surface area contributed by atoms with Gasteiger partial charge in [0.25, 0.3) is 0 Å². The first-order valence-corrected chi connectivity index (χ1v) is 8.27. The molecular weight excluding hydrogens is 318 g/mol. The first-order valence-electron chi connectivity index (χ1n) is 6.41. The molecule has 0 heterocycles. The topological polar surface area (TPSA) is 92.7 Å². The Morgan fingerprint density at radius 2 is 2.14 bits per heavy atom. The summed E-state index contributed by atoms with van der Waals surface area (Å²) in [4.78, 5) is 10.8. The second-order valence-electron chi connectivity index (χ2n) is 4.94. The minimum atomic E-state index is -3.72. The zero-order chi connectivity index (χ0) is 15.6. The molecule has 6 nitrogen and oxygen atoms in total. The summed E-state index contributed by atoms with van der Waals surface area (Å²) >= 11 is 5.80. The number of nitrogens with one attached hydrogen (secondary N) is 1. The largest absolute Gasteiger partial charge is 0.478 e. The predicted molar refractivity (Wildman–Crippen MR) is 77.2 cm³/mol. The van der Waals surface area contributed by atoms with Crippen molar-refractivity contribution in [2.75, 3.05) is 7.11 Å².